The normalized spacial score (nSPS) is 12.7. The van der Waals surface area contributed by atoms with E-state index in [4.69, 9.17) is 16.3 Å². The zero-order valence-corrected chi connectivity index (χ0v) is 15.3. The van der Waals surface area contributed by atoms with Crippen LogP contribution in [-0.2, 0) is 9.53 Å². The van der Waals surface area contributed by atoms with Crippen molar-refractivity contribution in [3.05, 3.63) is 86.7 Å². The first-order chi connectivity index (χ1) is 13.0. The van der Waals surface area contributed by atoms with Gasteiger partial charge in [0.2, 0.25) is 0 Å². The number of hydrogen-bond donors (Lipinski definition) is 1. The molecule has 27 heavy (non-hydrogen) atoms. The maximum Gasteiger partial charge on any atom is 0.324 e. The van der Waals surface area contributed by atoms with E-state index in [0.29, 0.717) is 16.1 Å². The average molecular weight is 385 g/mol. The van der Waals surface area contributed by atoms with E-state index in [1.165, 1.54) is 6.08 Å². The SMILES string of the molecule is CCOC(=O)C(/C(=C\c1cccc(Cl)c1)[N+](=O)[O-])c1c[nH]c2ccccc12. The molecule has 2 aromatic carbocycles. The Morgan fingerprint density at radius 1 is 1.30 bits per heavy atom. The number of nitrogens with zero attached hydrogens (tertiary/aromatic N) is 1. The Bertz CT molecular complexity index is 1030. The van der Waals surface area contributed by atoms with Gasteiger partial charge in [0.15, 0.2) is 5.92 Å². The van der Waals surface area contributed by atoms with E-state index in [0.717, 1.165) is 10.9 Å². The van der Waals surface area contributed by atoms with Crippen LogP contribution >= 0.6 is 11.6 Å². The van der Waals surface area contributed by atoms with Crippen molar-refractivity contribution in [3.8, 4) is 0 Å². The molecule has 0 bridgehead atoms. The number of hydrogen-bond acceptors (Lipinski definition) is 4. The Hall–Kier alpha value is -3.12. The molecule has 1 N–H and O–H groups in total. The van der Waals surface area contributed by atoms with Crippen LogP contribution in [0.25, 0.3) is 17.0 Å². The molecule has 138 valence electrons. The Kier molecular flexibility index (Phi) is 5.57. The largest absolute Gasteiger partial charge is 0.465 e. The van der Waals surface area contributed by atoms with Gasteiger partial charge in [-0.3, -0.25) is 14.9 Å². The number of carbonyl (C=O) groups excluding carboxylic acids is 1. The topological polar surface area (TPSA) is 85.2 Å². The maximum absolute atomic E-state index is 12.7. The van der Waals surface area contributed by atoms with Crippen LogP contribution in [0.15, 0.2) is 60.4 Å². The predicted molar refractivity (Wildman–Crippen MR) is 104 cm³/mol. The van der Waals surface area contributed by atoms with Crippen molar-refractivity contribution in [2.24, 2.45) is 0 Å². The lowest BCUT2D eigenvalue weighted by atomic mass is 9.94. The van der Waals surface area contributed by atoms with Gasteiger partial charge in [-0.05, 0) is 30.7 Å². The number of nitro groups is 1. The van der Waals surface area contributed by atoms with Crippen LogP contribution in [0.4, 0.5) is 0 Å². The summed E-state index contributed by atoms with van der Waals surface area (Å²) in [4.78, 5) is 27.0. The van der Waals surface area contributed by atoms with E-state index in [1.54, 1.807) is 37.4 Å². The molecule has 0 saturated carbocycles. The summed E-state index contributed by atoms with van der Waals surface area (Å²) in [6, 6.07) is 14.0. The third-order valence-electron chi connectivity index (χ3n) is 4.12. The third kappa shape index (κ3) is 4.01. The maximum atomic E-state index is 12.7. The number of aromatic amines is 1. The monoisotopic (exact) mass is 384 g/mol. The molecule has 1 aromatic heterocycles. The van der Waals surface area contributed by atoms with Crippen LogP contribution in [0.1, 0.15) is 24.0 Å². The first-order valence-electron chi connectivity index (χ1n) is 8.35. The van der Waals surface area contributed by atoms with Crippen molar-refractivity contribution >= 4 is 34.5 Å². The first-order valence-corrected chi connectivity index (χ1v) is 8.73. The molecule has 1 unspecified atom stereocenters. The molecule has 7 heteroatoms. The second kappa shape index (κ2) is 8.05. The van der Waals surface area contributed by atoms with Crippen LogP contribution < -0.4 is 0 Å². The van der Waals surface area contributed by atoms with Crippen molar-refractivity contribution in [1.29, 1.82) is 0 Å². The summed E-state index contributed by atoms with van der Waals surface area (Å²) in [6.45, 7) is 1.79. The highest BCUT2D eigenvalue weighted by Crippen LogP contribution is 2.33. The van der Waals surface area contributed by atoms with E-state index < -0.39 is 16.8 Å². The lowest BCUT2D eigenvalue weighted by molar-refractivity contribution is -0.427. The Labute approximate surface area is 160 Å². The second-order valence-corrected chi connectivity index (χ2v) is 6.29. The zero-order chi connectivity index (χ0) is 19.4. The zero-order valence-electron chi connectivity index (χ0n) is 14.5. The molecule has 0 radical (unpaired) electrons. The van der Waals surface area contributed by atoms with Gasteiger partial charge >= 0.3 is 5.97 Å². The highest BCUT2D eigenvalue weighted by Gasteiger charge is 2.36. The van der Waals surface area contributed by atoms with Gasteiger partial charge in [0, 0.05) is 33.8 Å². The molecule has 0 aliphatic carbocycles. The minimum atomic E-state index is -1.17. The van der Waals surface area contributed by atoms with Crippen molar-refractivity contribution in [2.75, 3.05) is 6.61 Å². The molecule has 0 aliphatic heterocycles. The summed E-state index contributed by atoms with van der Waals surface area (Å²) in [5.74, 6) is -1.85. The first kappa shape index (κ1) is 18.7. The average Bonchev–Trinajstić information content (AvgIpc) is 3.05. The van der Waals surface area contributed by atoms with E-state index in [2.05, 4.69) is 4.98 Å². The molecule has 0 saturated heterocycles. The Balaban J connectivity index is 2.18. The fourth-order valence-corrected chi connectivity index (χ4v) is 3.17. The van der Waals surface area contributed by atoms with Crippen LogP contribution in [0.2, 0.25) is 5.02 Å². The predicted octanol–water partition coefficient (Wildman–Crippen LogP) is 4.79. The van der Waals surface area contributed by atoms with Gasteiger partial charge in [-0.2, -0.15) is 0 Å². The lowest BCUT2D eigenvalue weighted by Crippen LogP contribution is -2.21. The van der Waals surface area contributed by atoms with Gasteiger partial charge in [-0.15, -0.1) is 0 Å². The number of fused-ring (bicyclic) bond motifs is 1. The Morgan fingerprint density at radius 2 is 2.07 bits per heavy atom. The van der Waals surface area contributed by atoms with Crippen molar-refractivity contribution in [2.45, 2.75) is 12.8 Å². The summed E-state index contributed by atoms with van der Waals surface area (Å²) in [7, 11) is 0. The molecule has 0 spiro atoms. The van der Waals surface area contributed by atoms with Gasteiger partial charge < -0.3 is 9.72 Å². The molecule has 6 nitrogen and oxygen atoms in total. The fraction of sp³-hybridized carbons (Fsp3) is 0.150. The number of rotatable bonds is 6. The smallest absolute Gasteiger partial charge is 0.324 e. The Morgan fingerprint density at radius 3 is 2.78 bits per heavy atom. The van der Waals surface area contributed by atoms with Gasteiger partial charge in [0.05, 0.1) is 11.5 Å². The molecule has 0 aliphatic rings. The summed E-state index contributed by atoms with van der Waals surface area (Å²) in [5.41, 5.74) is 1.53. The van der Waals surface area contributed by atoms with Crippen LogP contribution in [0.3, 0.4) is 0 Å². The van der Waals surface area contributed by atoms with Gasteiger partial charge in [-0.1, -0.05) is 41.9 Å². The van der Waals surface area contributed by atoms with Gasteiger partial charge in [0.1, 0.15) is 0 Å². The highest BCUT2D eigenvalue weighted by molar-refractivity contribution is 6.30. The van der Waals surface area contributed by atoms with Crippen LogP contribution in [-0.4, -0.2) is 22.5 Å². The molecule has 0 amide bonds. The number of para-hydroxylation sites is 1. The molecule has 3 aromatic rings. The lowest BCUT2D eigenvalue weighted by Gasteiger charge is -2.13. The van der Waals surface area contributed by atoms with Crippen LogP contribution in [0.5, 0.6) is 0 Å². The van der Waals surface area contributed by atoms with Gasteiger partial charge in [0.25, 0.3) is 5.70 Å². The summed E-state index contributed by atoms with van der Waals surface area (Å²) in [5, 5.41) is 13.0. The number of benzene rings is 2. The molecular weight excluding hydrogens is 368 g/mol. The summed E-state index contributed by atoms with van der Waals surface area (Å²) in [6.07, 6.45) is 2.97. The van der Waals surface area contributed by atoms with Crippen molar-refractivity contribution < 1.29 is 14.5 Å². The fourth-order valence-electron chi connectivity index (χ4n) is 2.97. The van der Waals surface area contributed by atoms with Crippen LogP contribution in [0, 0.1) is 10.1 Å². The standard InChI is InChI=1S/C20H17ClN2O4/c1-2-27-20(24)19(16-12-22-17-9-4-3-8-15(16)17)18(23(25)26)11-13-6-5-7-14(21)10-13/h3-12,19,22H,2H2,1H3/b18-11+. The number of carbonyl (C=O) groups is 1. The summed E-state index contributed by atoms with van der Waals surface area (Å²) < 4.78 is 5.15. The van der Waals surface area contributed by atoms with E-state index in [1.807, 2.05) is 24.3 Å². The van der Waals surface area contributed by atoms with Crippen molar-refractivity contribution in [3.63, 3.8) is 0 Å². The number of ether oxygens (including phenoxy) is 1. The number of aromatic nitrogens is 1. The van der Waals surface area contributed by atoms with E-state index in [9.17, 15) is 14.9 Å². The molecular formula is C20H17ClN2O4. The number of nitrogens with one attached hydrogen (secondary N) is 1. The highest BCUT2D eigenvalue weighted by atomic mass is 35.5. The third-order valence-corrected chi connectivity index (χ3v) is 4.36. The minimum absolute atomic E-state index is 0.125. The molecule has 3 rings (SSSR count). The molecule has 1 heterocycles. The quantitative estimate of drug-likeness (QED) is 0.376. The van der Waals surface area contributed by atoms with Crippen molar-refractivity contribution in [1.82, 2.24) is 4.98 Å². The number of esters is 1. The molecule has 1 atom stereocenters. The summed E-state index contributed by atoms with van der Waals surface area (Å²) >= 11 is 5.98. The van der Waals surface area contributed by atoms with Gasteiger partial charge in [-0.25, -0.2) is 0 Å². The van der Waals surface area contributed by atoms with E-state index >= 15 is 0 Å². The number of halogens is 1. The van der Waals surface area contributed by atoms with E-state index in [-0.39, 0.29) is 12.3 Å². The number of H-pyrrole nitrogens is 1. The molecule has 0 fully saturated rings. The minimum Gasteiger partial charge on any atom is -0.465 e. The second-order valence-electron chi connectivity index (χ2n) is 5.86.